The fraction of sp³-hybridized carbons (Fsp3) is 0.280. The van der Waals surface area contributed by atoms with E-state index in [-0.39, 0.29) is 12.0 Å². The van der Waals surface area contributed by atoms with E-state index >= 15 is 0 Å². The number of para-hydroxylation sites is 2. The van der Waals surface area contributed by atoms with Crippen LogP contribution in [0.4, 0.5) is 0 Å². The highest BCUT2D eigenvalue weighted by atomic mass is 16.5. The van der Waals surface area contributed by atoms with Crippen molar-refractivity contribution in [2.24, 2.45) is 0 Å². The highest BCUT2D eigenvalue weighted by molar-refractivity contribution is 6.06. The number of hydrogen-bond donors (Lipinski definition) is 1. The van der Waals surface area contributed by atoms with Crippen LogP contribution in [-0.2, 0) is 11.3 Å². The van der Waals surface area contributed by atoms with Crippen molar-refractivity contribution in [3.05, 3.63) is 77.2 Å². The zero-order valence-corrected chi connectivity index (χ0v) is 17.7. The number of hydrogen-bond acceptors (Lipinski definition) is 5. The number of ether oxygens (including phenoxy) is 1. The van der Waals surface area contributed by atoms with Gasteiger partial charge in [0.15, 0.2) is 0 Å². The van der Waals surface area contributed by atoms with Gasteiger partial charge in [-0.2, -0.15) is 0 Å². The van der Waals surface area contributed by atoms with Crippen molar-refractivity contribution >= 4 is 27.8 Å². The van der Waals surface area contributed by atoms with E-state index in [4.69, 9.17) is 14.1 Å². The first-order valence-electron chi connectivity index (χ1n) is 10.6. The summed E-state index contributed by atoms with van der Waals surface area (Å²) in [6.07, 6.45) is -0.202. The number of benzene rings is 2. The Morgan fingerprint density at radius 2 is 1.94 bits per heavy atom. The maximum atomic E-state index is 12.5. The lowest BCUT2D eigenvalue weighted by molar-refractivity contribution is -0.0365. The first-order valence-corrected chi connectivity index (χ1v) is 10.6. The van der Waals surface area contributed by atoms with Gasteiger partial charge in [0.25, 0.3) is 5.91 Å². The monoisotopic (exact) mass is 415 g/mol. The number of rotatable bonds is 4. The van der Waals surface area contributed by atoms with Crippen LogP contribution in [0.25, 0.3) is 21.9 Å². The lowest BCUT2D eigenvalue weighted by Gasteiger charge is -2.32. The van der Waals surface area contributed by atoms with Crippen molar-refractivity contribution in [2.75, 3.05) is 26.7 Å². The van der Waals surface area contributed by atoms with Gasteiger partial charge >= 0.3 is 0 Å². The second-order valence-electron chi connectivity index (χ2n) is 7.93. The number of carbonyl (C=O) groups excluding carboxylic acids is 1. The standard InChI is InChI=1S/C25H25N3O3/c1-16-17-7-4-6-10-22(17)31-23(16)14-28-11-12-30-24(15-28)21-13-19(25(29)26-2)18-8-3-5-9-20(18)27-21/h3-10,13,24H,11-12,14-15H2,1-2H3,(H,26,29). The van der Waals surface area contributed by atoms with E-state index < -0.39 is 0 Å². The average Bonchev–Trinajstić information content (AvgIpc) is 3.13. The number of furan rings is 1. The second-order valence-corrected chi connectivity index (χ2v) is 7.93. The quantitative estimate of drug-likeness (QED) is 0.540. The third kappa shape index (κ3) is 3.69. The van der Waals surface area contributed by atoms with Crippen LogP contribution in [0, 0.1) is 6.92 Å². The largest absolute Gasteiger partial charge is 0.459 e. The number of fused-ring (bicyclic) bond motifs is 2. The third-order valence-corrected chi connectivity index (χ3v) is 6.00. The Kier molecular flexibility index (Phi) is 5.18. The Hall–Kier alpha value is -3.22. The Balaban J connectivity index is 1.43. The number of nitrogens with zero attached hydrogens (tertiary/aromatic N) is 2. The fourth-order valence-electron chi connectivity index (χ4n) is 4.29. The molecule has 1 atom stereocenters. The molecule has 1 aliphatic heterocycles. The molecule has 31 heavy (non-hydrogen) atoms. The first-order chi connectivity index (χ1) is 15.1. The van der Waals surface area contributed by atoms with E-state index in [9.17, 15) is 4.79 Å². The lowest BCUT2D eigenvalue weighted by atomic mass is 10.0. The van der Waals surface area contributed by atoms with Crippen molar-refractivity contribution in [1.29, 1.82) is 0 Å². The van der Waals surface area contributed by atoms with Gasteiger partial charge < -0.3 is 14.5 Å². The van der Waals surface area contributed by atoms with Crippen LogP contribution in [0.5, 0.6) is 0 Å². The zero-order valence-electron chi connectivity index (χ0n) is 17.7. The van der Waals surface area contributed by atoms with Gasteiger partial charge in [0.2, 0.25) is 0 Å². The van der Waals surface area contributed by atoms with Crippen LogP contribution in [0.2, 0.25) is 0 Å². The van der Waals surface area contributed by atoms with E-state index in [2.05, 4.69) is 23.2 Å². The predicted molar refractivity (Wildman–Crippen MR) is 120 cm³/mol. The number of pyridine rings is 1. The van der Waals surface area contributed by atoms with Crippen LogP contribution in [0.1, 0.15) is 33.5 Å². The van der Waals surface area contributed by atoms with Crippen molar-refractivity contribution in [2.45, 2.75) is 19.6 Å². The van der Waals surface area contributed by atoms with Gasteiger partial charge in [0.1, 0.15) is 17.4 Å². The topological polar surface area (TPSA) is 67.6 Å². The smallest absolute Gasteiger partial charge is 0.251 e. The summed E-state index contributed by atoms with van der Waals surface area (Å²) in [6, 6.07) is 17.7. The van der Waals surface area contributed by atoms with Crippen LogP contribution < -0.4 is 5.32 Å². The summed E-state index contributed by atoms with van der Waals surface area (Å²) in [6.45, 7) is 4.95. The summed E-state index contributed by atoms with van der Waals surface area (Å²) >= 11 is 0. The van der Waals surface area contributed by atoms with Gasteiger partial charge in [-0.05, 0) is 30.7 Å². The van der Waals surface area contributed by atoms with Crippen LogP contribution in [0.3, 0.4) is 0 Å². The maximum absolute atomic E-state index is 12.5. The van der Waals surface area contributed by atoms with Gasteiger partial charge in [-0.3, -0.25) is 9.69 Å². The van der Waals surface area contributed by atoms with E-state index in [0.717, 1.165) is 46.4 Å². The second kappa shape index (κ2) is 8.13. The first kappa shape index (κ1) is 19.7. The molecule has 1 amide bonds. The van der Waals surface area contributed by atoms with Crippen LogP contribution >= 0.6 is 0 Å². The Bertz CT molecular complexity index is 1260. The molecular formula is C25H25N3O3. The van der Waals surface area contributed by atoms with Gasteiger partial charge in [-0.1, -0.05) is 36.4 Å². The van der Waals surface area contributed by atoms with Gasteiger partial charge in [-0.15, -0.1) is 0 Å². The molecule has 1 N–H and O–H groups in total. The molecule has 0 saturated carbocycles. The molecule has 5 rings (SSSR count). The molecular weight excluding hydrogens is 390 g/mol. The minimum absolute atomic E-state index is 0.120. The molecule has 1 saturated heterocycles. The highest BCUT2D eigenvalue weighted by Crippen LogP contribution is 2.29. The van der Waals surface area contributed by atoms with E-state index in [1.807, 2.05) is 48.5 Å². The molecule has 0 spiro atoms. The molecule has 3 heterocycles. The van der Waals surface area contributed by atoms with Crippen molar-refractivity contribution in [3.63, 3.8) is 0 Å². The summed E-state index contributed by atoms with van der Waals surface area (Å²) in [5.41, 5.74) is 4.31. The zero-order chi connectivity index (χ0) is 21.4. The van der Waals surface area contributed by atoms with Crippen LogP contribution in [-0.4, -0.2) is 42.5 Å². The third-order valence-electron chi connectivity index (χ3n) is 6.00. The fourth-order valence-corrected chi connectivity index (χ4v) is 4.29. The summed E-state index contributed by atoms with van der Waals surface area (Å²) < 4.78 is 12.2. The van der Waals surface area contributed by atoms with Crippen molar-refractivity contribution in [1.82, 2.24) is 15.2 Å². The van der Waals surface area contributed by atoms with E-state index in [1.165, 1.54) is 5.56 Å². The molecule has 4 aromatic rings. The molecule has 0 radical (unpaired) electrons. The molecule has 1 fully saturated rings. The summed E-state index contributed by atoms with van der Waals surface area (Å²) in [5, 5.41) is 4.74. The molecule has 158 valence electrons. The van der Waals surface area contributed by atoms with E-state index in [0.29, 0.717) is 18.7 Å². The molecule has 2 aromatic carbocycles. The normalized spacial score (nSPS) is 17.3. The maximum Gasteiger partial charge on any atom is 0.251 e. The Labute approximate surface area is 180 Å². The minimum Gasteiger partial charge on any atom is -0.459 e. The summed E-state index contributed by atoms with van der Waals surface area (Å²) in [5.74, 6) is 0.866. The number of carbonyl (C=O) groups is 1. The molecule has 1 unspecified atom stereocenters. The van der Waals surface area contributed by atoms with Gasteiger partial charge in [0.05, 0.1) is 29.9 Å². The number of morpholine rings is 1. The van der Waals surface area contributed by atoms with Gasteiger partial charge in [0, 0.05) is 30.9 Å². The predicted octanol–water partition coefficient (Wildman–Crippen LogP) is 4.22. The number of aryl methyl sites for hydroxylation is 1. The molecule has 2 aromatic heterocycles. The summed E-state index contributed by atoms with van der Waals surface area (Å²) in [4.78, 5) is 19.6. The van der Waals surface area contributed by atoms with Gasteiger partial charge in [-0.25, -0.2) is 4.98 Å². The molecule has 0 aliphatic carbocycles. The summed E-state index contributed by atoms with van der Waals surface area (Å²) in [7, 11) is 1.64. The molecule has 6 nitrogen and oxygen atoms in total. The highest BCUT2D eigenvalue weighted by Gasteiger charge is 2.26. The SMILES string of the molecule is CNC(=O)c1cc(C2CN(Cc3oc4ccccc4c3C)CCO2)nc2ccccc12. The van der Waals surface area contributed by atoms with Crippen molar-refractivity contribution < 1.29 is 13.9 Å². The molecule has 0 bridgehead atoms. The average molecular weight is 415 g/mol. The van der Waals surface area contributed by atoms with Crippen molar-refractivity contribution in [3.8, 4) is 0 Å². The minimum atomic E-state index is -0.202. The van der Waals surface area contributed by atoms with E-state index in [1.54, 1.807) is 7.05 Å². The lowest BCUT2D eigenvalue weighted by Crippen LogP contribution is -2.38. The number of nitrogens with one attached hydrogen (secondary N) is 1. The molecule has 1 aliphatic rings. The Morgan fingerprint density at radius 3 is 2.74 bits per heavy atom. The molecule has 6 heteroatoms. The number of amides is 1. The van der Waals surface area contributed by atoms with Crippen LogP contribution in [0.15, 0.2) is 59.0 Å². The number of aromatic nitrogens is 1. The Morgan fingerprint density at radius 1 is 1.16 bits per heavy atom.